The first-order valence-electron chi connectivity index (χ1n) is 8.40. The zero-order chi connectivity index (χ0) is 19.4. The smallest absolute Gasteiger partial charge is 0.336 e. The number of carbonyl (C=O) groups is 1. The molecule has 2 N–H and O–H groups in total. The standard InChI is InChI=1S/C18H18F3N5O/c1-2-12-5-7-13(8-6-12)24-17(27)23-10-11-26-15-14(4-3-9-22-15)25-16(26)18(19,20)21/h3-9H,2,10-11H2,1H3,(H2,23,24,27). The minimum Gasteiger partial charge on any atom is -0.336 e. The molecule has 1 aromatic carbocycles. The van der Waals surface area contributed by atoms with E-state index >= 15 is 0 Å². The van der Waals surface area contributed by atoms with Gasteiger partial charge in [-0.15, -0.1) is 0 Å². The number of amides is 2. The van der Waals surface area contributed by atoms with E-state index in [1.165, 1.54) is 18.3 Å². The van der Waals surface area contributed by atoms with Crippen molar-refractivity contribution in [3.63, 3.8) is 0 Å². The molecule has 2 heterocycles. The molecule has 0 spiro atoms. The van der Waals surface area contributed by atoms with Crippen LogP contribution in [0, 0.1) is 0 Å². The summed E-state index contributed by atoms with van der Waals surface area (Å²) in [6, 6.07) is 9.83. The van der Waals surface area contributed by atoms with E-state index in [4.69, 9.17) is 0 Å². The van der Waals surface area contributed by atoms with Gasteiger partial charge in [-0.05, 0) is 36.2 Å². The molecular weight excluding hydrogens is 359 g/mol. The first-order chi connectivity index (χ1) is 12.9. The number of aromatic nitrogens is 3. The van der Waals surface area contributed by atoms with Crippen molar-refractivity contribution in [2.45, 2.75) is 26.1 Å². The predicted octanol–water partition coefficient (Wildman–Crippen LogP) is 3.83. The molecule has 0 atom stereocenters. The van der Waals surface area contributed by atoms with Crippen molar-refractivity contribution in [2.24, 2.45) is 0 Å². The van der Waals surface area contributed by atoms with E-state index in [2.05, 4.69) is 20.6 Å². The highest BCUT2D eigenvalue weighted by Crippen LogP contribution is 2.30. The van der Waals surface area contributed by atoms with Crippen LogP contribution in [-0.2, 0) is 19.1 Å². The summed E-state index contributed by atoms with van der Waals surface area (Å²) in [5.41, 5.74) is 2.03. The maximum atomic E-state index is 13.2. The van der Waals surface area contributed by atoms with Crippen molar-refractivity contribution in [3.05, 3.63) is 54.0 Å². The summed E-state index contributed by atoms with van der Waals surface area (Å²) in [5, 5.41) is 5.19. The van der Waals surface area contributed by atoms with Gasteiger partial charge in [-0.1, -0.05) is 19.1 Å². The SMILES string of the molecule is CCc1ccc(NC(=O)NCCn2c(C(F)(F)F)nc3cccnc32)cc1. The molecule has 0 bridgehead atoms. The summed E-state index contributed by atoms with van der Waals surface area (Å²) in [4.78, 5) is 19.5. The van der Waals surface area contributed by atoms with Gasteiger partial charge < -0.3 is 15.2 Å². The maximum Gasteiger partial charge on any atom is 0.449 e. The Morgan fingerprint density at radius 2 is 1.93 bits per heavy atom. The van der Waals surface area contributed by atoms with Crippen LogP contribution in [0.1, 0.15) is 18.3 Å². The number of rotatable bonds is 5. The summed E-state index contributed by atoms with van der Waals surface area (Å²) in [5.74, 6) is -1.03. The van der Waals surface area contributed by atoms with Gasteiger partial charge >= 0.3 is 12.2 Å². The first-order valence-corrected chi connectivity index (χ1v) is 8.40. The molecular formula is C18H18F3N5O. The van der Waals surface area contributed by atoms with Crippen LogP contribution in [0.2, 0.25) is 0 Å². The second kappa shape index (κ2) is 7.65. The predicted molar refractivity (Wildman–Crippen MR) is 95.4 cm³/mol. The largest absolute Gasteiger partial charge is 0.449 e. The quantitative estimate of drug-likeness (QED) is 0.710. The van der Waals surface area contributed by atoms with Gasteiger partial charge in [-0.2, -0.15) is 13.2 Å². The van der Waals surface area contributed by atoms with Crippen molar-refractivity contribution in [2.75, 3.05) is 11.9 Å². The number of hydrogen-bond donors (Lipinski definition) is 2. The zero-order valence-electron chi connectivity index (χ0n) is 14.5. The number of imidazole rings is 1. The van der Waals surface area contributed by atoms with E-state index in [1.807, 2.05) is 19.1 Å². The fourth-order valence-corrected chi connectivity index (χ4v) is 2.67. The van der Waals surface area contributed by atoms with Gasteiger partial charge in [0.25, 0.3) is 0 Å². The summed E-state index contributed by atoms with van der Waals surface area (Å²) in [6.07, 6.45) is -2.31. The molecule has 0 aliphatic carbocycles. The number of alkyl halides is 3. The lowest BCUT2D eigenvalue weighted by Gasteiger charge is -2.12. The molecule has 27 heavy (non-hydrogen) atoms. The number of pyridine rings is 1. The molecule has 0 aliphatic heterocycles. The van der Waals surface area contributed by atoms with E-state index in [-0.39, 0.29) is 24.3 Å². The maximum absolute atomic E-state index is 13.2. The van der Waals surface area contributed by atoms with Crippen LogP contribution in [0.5, 0.6) is 0 Å². The Bertz CT molecular complexity index is 934. The lowest BCUT2D eigenvalue weighted by molar-refractivity contribution is -0.146. The Hall–Kier alpha value is -3.10. The third-order valence-electron chi connectivity index (χ3n) is 4.00. The molecule has 0 fully saturated rings. The van der Waals surface area contributed by atoms with Crippen molar-refractivity contribution in [1.82, 2.24) is 19.9 Å². The van der Waals surface area contributed by atoms with E-state index < -0.39 is 18.0 Å². The van der Waals surface area contributed by atoms with Crippen LogP contribution in [0.15, 0.2) is 42.6 Å². The molecule has 3 aromatic rings. The second-order valence-electron chi connectivity index (χ2n) is 5.86. The number of fused-ring (bicyclic) bond motifs is 1. The molecule has 0 radical (unpaired) electrons. The van der Waals surface area contributed by atoms with Crippen molar-refractivity contribution < 1.29 is 18.0 Å². The topological polar surface area (TPSA) is 71.8 Å². The number of urea groups is 1. The van der Waals surface area contributed by atoms with Crippen molar-refractivity contribution in [1.29, 1.82) is 0 Å². The van der Waals surface area contributed by atoms with Gasteiger partial charge in [-0.3, -0.25) is 0 Å². The molecule has 0 aliphatic rings. The molecule has 0 saturated carbocycles. The number of nitrogens with one attached hydrogen (secondary N) is 2. The van der Waals surface area contributed by atoms with Gasteiger partial charge in [0, 0.05) is 25.0 Å². The number of aryl methyl sites for hydroxylation is 1. The Kier molecular flexibility index (Phi) is 5.29. The molecule has 2 aromatic heterocycles. The fourth-order valence-electron chi connectivity index (χ4n) is 2.67. The summed E-state index contributed by atoms with van der Waals surface area (Å²) < 4.78 is 40.6. The zero-order valence-corrected chi connectivity index (χ0v) is 14.5. The molecule has 9 heteroatoms. The average Bonchev–Trinajstić information content (AvgIpc) is 3.02. The van der Waals surface area contributed by atoms with Crippen LogP contribution in [0.3, 0.4) is 0 Å². The Morgan fingerprint density at radius 1 is 1.19 bits per heavy atom. The first kappa shape index (κ1) is 18.7. The highest BCUT2D eigenvalue weighted by molar-refractivity contribution is 5.89. The Labute approximate surface area is 153 Å². The third kappa shape index (κ3) is 4.36. The highest BCUT2D eigenvalue weighted by Gasteiger charge is 2.37. The van der Waals surface area contributed by atoms with Crippen LogP contribution in [0.25, 0.3) is 11.2 Å². The summed E-state index contributed by atoms with van der Waals surface area (Å²) >= 11 is 0. The van der Waals surface area contributed by atoms with Crippen molar-refractivity contribution in [3.8, 4) is 0 Å². The molecule has 142 valence electrons. The number of nitrogens with zero attached hydrogens (tertiary/aromatic N) is 3. The van der Waals surface area contributed by atoms with E-state index in [1.54, 1.807) is 12.1 Å². The number of carbonyl (C=O) groups excluding carboxylic acids is 1. The van der Waals surface area contributed by atoms with Gasteiger partial charge in [-0.25, -0.2) is 14.8 Å². The van der Waals surface area contributed by atoms with Crippen molar-refractivity contribution >= 4 is 22.9 Å². The van der Waals surface area contributed by atoms with E-state index in [0.29, 0.717) is 5.69 Å². The fraction of sp³-hybridized carbons (Fsp3) is 0.278. The monoisotopic (exact) mass is 377 g/mol. The molecule has 2 amide bonds. The number of benzene rings is 1. The number of halogens is 3. The average molecular weight is 377 g/mol. The Morgan fingerprint density at radius 3 is 2.59 bits per heavy atom. The molecule has 6 nitrogen and oxygen atoms in total. The summed E-state index contributed by atoms with van der Waals surface area (Å²) in [7, 11) is 0. The van der Waals surface area contributed by atoms with Gasteiger partial charge in [0.05, 0.1) is 0 Å². The lowest BCUT2D eigenvalue weighted by Crippen LogP contribution is -2.32. The third-order valence-corrected chi connectivity index (χ3v) is 4.00. The number of anilines is 1. The molecule has 3 rings (SSSR count). The molecule has 0 saturated heterocycles. The number of hydrogen-bond acceptors (Lipinski definition) is 3. The van der Waals surface area contributed by atoms with Crippen LogP contribution < -0.4 is 10.6 Å². The highest BCUT2D eigenvalue weighted by atomic mass is 19.4. The van der Waals surface area contributed by atoms with Gasteiger partial charge in [0.15, 0.2) is 5.65 Å². The normalized spacial score (nSPS) is 11.6. The lowest BCUT2D eigenvalue weighted by atomic mass is 10.1. The summed E-state index contributed by atoms with van der Waals surface area (Å²) in [6.45, 7) is 1.91. The Balaban J connectivity index is 1.65. The van der Waals surface area contributed by atoms with Gasteiger partial charge in [0.1, 0.15) is 5.52 Å². The van der Waals surface area contributed by atoms with E-state index in [9.17, 15) is 18.0 Å². The van der Waals surface area contributed by atoms with Crippen LogP contribution >= 0.6 is 0 Å². The van der Waals surface area contributed by atoms with Gasteiger partial charge in [0.2, 0.25) is 5.82 Å². The minimum atomic E-state index is -4.61. The van der Waals surface area contributed by atoms with Crippen LogP contribution in [0.4, 0.5) is 23.7 Å². The second-order valence-corrected chi connectivity index (χ2v) is 5.86. The minimum absolute atomic E-state index is 0.00993. The van der Waals surface area contributed by atoms with Crippen LogP contribution in [-0.4, -0.2) is 27.1 Å². The molecule has 0 unspecified atom stereocenters. The van der Waals surface area contributed by atoms with E-state index in [0.717, 1.165) is 16.6 Å².